The molecule has 6 heteroatoms. The number of hydrogen-bond donors (Lipinski definition) is 2. The largest absolute Gasteiger partial charge is 0.384 e. The van der Waals surface area contributed by atoms with Gasteiger partial charge in [-0.05, 0) is 34.1 Å². The summed E-state index contributed by atoms with van der Waals surface area (Å²) in [5, 5.41) is 9.56. The Bertz CT molecular complexity index is 818. The van der Waals surface area contributed by atoms with E-state index in [-0.39, 0.29) is 5.84 Å². The van der Waals surface area contributed by atoms with Crippen molar-refractivity contribution in [2.24, 2.45) is 5.73 Å². The molecule has 0 saturated carbocycles. The first-order valence-electron chi connectivity index (χ1n) is 6.16. The van der Waals surface area contributed by atoms with E-state index in [9.17, 15) is 0 Å². The van der Waals surface area contributed by atoms with Crippen molar-refractivity contribution < 1.29 is 0 Å². The molecule has 3 N–H and O–H groups in total. The van der Waals surface area contributed by atoms with Gasteiger partial charge in [0, 0.05) is 32.7 Å². The van der Waals surface area contributed by atoms with Crippen molar-refractivity contribution in [1.82, 2.24) is 9.97 Å². The Hall–Kier alpha value is -1.92. The zero-order valence-electron chi connectivity index (χ0n) is 10.9. The Labute approximate surface area is 134 Å². The van der Waals surface area contributed by atoms with Crippen LogP contribution in [0.2, 0.25) is 0 Å². The van der Waals surface area contributed by atoms with Gasteiger partial charge < -0.3 is 5.73 Å². The van der Waals surface area contributed by atoms with Crippen LogP contribution in [-0.4, -0.2) is 15.8 Å². The van der Waals surface area contributed by atoms with Crippen LogP contribution in [-0.2, 0) is 0 Å². The van der Waals surface area contributed by atoms with Gasteiger partial charge in [-0.3, -0.25) is 10.4 Å². The summed E-state index contributed by atoms with van der Waals surface area (Å²) in [4.78, 5) is 9.63. The minimum absolute atomic E-state index is 0.00728. The molecule has 104 valence electrons. The number of para-hydroxylation sites is 1. The van der Waals surface area contributed by atoms with Crippen LogP contribution < -0.4 is 5.73 Å². The Morgan fingerprint density at radius 1 is 1.10 bits per heavy atom. The Kier molecular flexibility index (Phi) is 3.90. The molecule has 2 aromatic heterocycles. The number of fused-ring (bicyclic) bond motifs is 1. The van der Waals surface area contributed by atoms with E-state index < -0.39 is 0 Å². The molecule has 0 bridgehead atoms. The van der Waals surface area contributed by atoms with Crippen LogP contribution in [0.5, 0.6) is 0 Å². The van der Waals surface area contributed by atoms with E-state index >= 15 is 0 Å². The van der Waals surface area contributed by atoms with Crippen molar-refractivity contribution in [3.05, 3.63) is 58.8 Å². The number of nitrogens with one attached hydrogen (secondary N) is 1. The van der Waals surface area contributed by atoms with Crippen LogP contribution in [0.3, 0.4) is 0 Å². The normalized spacial score (nSPS) is 10.7. The summed E-state index contributed by atoms with van der Waals surface area (Å²) >= 11 is 4.86. The number of amidine groups is 1. The van der Waals surface area contributed by atoms with Crippen LogP contribution in [0, 0.1) is 5.41 Å². The van der Waals surface area contributed by atoms with Gasteiger partial charge in [0.05, 0.1) is 5.52 Å². The molecule has 0 aliphatic carbocycles. The topological polar surface area (TPSA) is 75.7 Å². The Balaban J connectivity index is 2.16. The van der Waals surface area contributed by atoms with Gasteiger partial charge in [-0.2, -0.15) is 0 Å². The molecule has 0 spiro atoms. The maximum atomic E-state index is 7.75. The maximum absolute atomic E-state index is 7.75. The van der Waals surface area contributed by atoms with Crippen LogP contribution in [0.1, 0.15) is 5.56 Å². The molecule has 3 aromatic rings. The van der Waals surface area contributed by atoms with Crippen LogP contribution in [0.25, 0.3) is 10.9 Å². The SMILES string of the molecule is N=C(N)c1cnc2ccccc2c1Sc1ccc(Br)cn1. The van der Waals surface area contributed by atoms with E-state index in [1.54, 1.807) is 12.4 Å². The first-order chi connectivity index (χ1) is 10.1. The molecular weight excluding hydrogens is 348 g/mol. The number of rotatable bonds is 3. The molecule has 0 amide bonds. The first-order valence-corrected chi connectivity index (χ1v) is 7.77. The van der Waals surface area contributed by atoms with E-state index in [0.29, 0.717) is 5.56 Å². The smallest absolute Gasteiger partial charge is 0.125 e. The number of pyridine rings is 2. The molecule has 21 heavy (non-hydrogen) atoms. The van der Waals surface area contributed by atoms with Crippen molar-refractivity contribution in [1.29, 1.82) is 5.41 Å². The van der Waals surface area contributed by atoms with Gasteiger partial charge in [0.15, 0.2) is 0 Å². The highest BCUT2D eigenvalue weighted by molar-refractivity contribution is 9.10. The van der Waals surface area contributed by atoms with Crippen molar-refractivity contribution in [3.63, 3.8) is 0 Å². The van der Waals surface area contributed by atoms with Gasteiger partial charge in [0.1, 0.15) is 10.9 Å². The molecule has 1 aromatic carbocycles. The summed E-state index contributed by atoms with van der Waals surface area (Å²) in [5.74, 6) is 0.00728. The summed E-state index contributed by atoms with van der Waals surface area (Å²) in [6, 6.07) is 11.7. The fourth-order valence-corrected chi connectivity index (χ4v) is 3.19. The van der Waals surface area contributed by atoms with E-state index in [2.05, 4.69) is 25.9 Å². The molecule has 3 rings (SSSR count). The van der Waals surface area contributed by atoms with E-state index in [4.69, 9.17) is 11.1 Å². The lowest BCUT2D eigenvalue weighted by Crippen LogP contribution is -2.13. The number of benzene rings is 1. The fraction of sp³-hybridized carbons (Fsp3) is 0. The lowest BCUT2D eigenvalue weighted by molar-refractivity contribution is 1.12. The summed E-state index contributed by atoms with van der Waals surface area (Å²) in [6.07, 6.45) is 3.39. The number of halogens is 1. The maximum Gasteiger partial charge on any atom is 0.125 e. The molecule has 0 aliphatic rings. The number of aromatic nitrogens is 2. The third-order valence-electron chi connectivity index (χ3n) is 2.92. The molecule has 0 aliphatic heterocycles. The van der Waals surface area contributed by atoms with Gasteiger partial charge in [-0.25, -0.2) is 4.98 Å². The summed E-state index contributed by atoms with van der Waals surface area (Å²) < 4.78 is 0.929. The molecule has 0 saturated heterocycles. The Morgan fingerprint density at radius 3 is 2.62 bits per heavy atom. The van der Waals surface area contributed by atoms with Crippen LogP contribution in [0.4, 0.5) is 0 Å². The lowest BCUT2D eigenvalue weighted by Gasteiger charge is -2.10. The minimum atomic E-state index is 0.00728. The van der Waals surface area contributed by atoms with Gasteiger partial charge in [-0.15, -0.1) is 0 Å². The van der Waals surface area contributed by atoms with Crippen molar-refractivity contribution in [3.8, 4) is 0 Å². The zero-order valence-corrected chi connectivity index (χ0v) is 13.3. The van der Waals surface area contributed by atoms with Crippen molar-refractivity contribution >= 4 is 44.4 Å². The first kappa shape index (κ1) is 14.0. The molecular formula is C15H11BrN4S. The number of nitrogen functional groups attached to an aromatic ring is 1. The highest BCUT2D eigenvalue weighted by Crippen LogP contribution is 2.34. The highest BCUT2D eigenvalue weighted by Gasteiger charge is 2.13. The Morgan fingerprint density at radius 2 is 1.90 bits per heavy atom. The third-order valence-corrected chi connectivity index (χ3v) is 4.49. The molecule has 0 atom stereocenters. The van der Waals surface area contributed by atoms with Gasteiger partial charge in [-0.1, -0.05) is 30.0 Å². The molecule has 0 radical (unpaired) electrons. The number of nitrogens with zero attached hydrogens (tertiary/aromatic N) is 2. The average molecular weight is 359 g/mol. The summed E-state index contributed by atoms with van der Waals surface area (Å²) in [5.41, 5.74) is 7.19. The predicted octanol–water partition coefficient (Wildman–Crippen LogP) is 3.83. The molecule has 0 fully saturated rings. The van der Waals surface area contributed by atoms with E-state index in [1.165, 1.54) is 11.8 Å². The van der Waals surface area contributed by atoms with Crippen LogP contribution >= 0.6 is 27.7 Å². The standard InChI is InChI=1S/C15H11BrN4S/c16-9-5-6-13(20-7-9)21-14-10-3-1-2-4-12(10)19-8-11(14)15(17)18/h1-8H,(H3,17,18). The zero-order chi connectivity index (χ0) is 14.8. The average Bonchev–Trinajstić information content (AvgIpc) is 2.49. The monoisotopic (exact) mass is 358 g/mol. The van der Waals surface area contributed by atoms with Gasteiger partial charge in [0.25, 0.3) is 0 Å². The molecule has 4 nitrogen and oxygen atoms in total. The molecule has 0 unspecified atom stereocenters. The van der Waals surface area contributed by atoms with Crippen LogP contribution in [0.15, 0.2) is 63.2 Å². The summed E-state index contributed by atoms with van der Waals surface area (Å²) in [7, 11) is 0. The number of hydrogen-bond acceptors (Lipinski definition) is 4. The second-order valence-electron chi connectivity index (χ2n) is 4.35. The predicted molar refractivity (Wildman–Crippen MR) is 88.8 cm³/mol. The highest BCUT2D eigenvalue weighted by atomic mass is 79.9. The van der Waals surface area contributed by atoms with Gasteiger partial charge >= 0.3 is 0 Å². The van der Waals surface area contributed by atoms with Gasteiger partial charge in [0.2, 0.25) is 0 Å². The summed E-state index contributed by atoms with van der Waals surface area (Å²) in [6.45, 7) is 0. The fourth-order valence-electron chi connectivity index (χ4n) is 1.95. The quantitative estimate of drug-likeness (QED) is 0.551. The minimum Gasteiger partial charge on any atom is -0.384 e. The van der Waals surface area contributed by atoms with Crippen molar-refractivity contribution in [2.45, 2.75) is 9.92 Å². The van der Waals surface area contributed by atoms with E-state index in [1.807, 2.05) is 36.4 Å². The van der Waals surface area contributed by atoms with E-state index in [0.717, 1.165) is 25.3 Å². The second kappa shape index (κ2) is 5.83. The number of nitrogens with two attached hydrogens (primary N) is 1. The second-order valence-corrected chi connectivity index (χ2v) is 6.29. The third kappa shape index (κ3) is 2.91. The lowest BCUT2D eigenvalue weighted by atomic mass is 10.1. The molecule has 2 heterocycles. The van der Waals surface area contributed by atoms with Crippen molar-refractivity contribution in [2.75, 3.05) is 0 Å².